The van der Waals surface area contributed by atoms with Crippen LogP contribution in [0.4, 0.5) is 14.9 Å². The fourth-order valence-corrected chi connectivity index (χ4v) is 2.72. The summed E-state index contributed by atoms with van der Waals surface area (Å²) in [7, 11) is 0. The van der Waals surface area contributed by atoms with Crippen LogP contribution in [0.15, 0.2) is 30.3 Å². The van der Waals surface area contributed by atoms with E-state index in [1.807, 2.05) is 18.2 Å². The smallest absolute Gasteiger partial charge is 0.413 e. The van der Waals surface area contributed by atoms with Crippen molar-refractivity contribution in [1.29, 1.82) is 0 Å². The van der Waals surface area contributed by atoms with Crippen LogP contribution in [0.5, 0.6) is 0 Å². The van der Waals surface area contributed by atoms with E-state index >= 15 is 0 Å². The third kappa shape index (κ3) is 5.01. The van der Waals surface area contributed by atoms with Crippen LogP contribution in [0.3, 0.4) is 0 Å². The monoisotopic (exact) mass is 363 g/mol. The summed E-state index contributed by atoms with van der Waals surface area (Å²) in [5.41, 5.74) is 1.14. The van der Waals surface area contributed by atoms with E-state index in [9.17, 15) is 14.4 Å². The van der Waals surface area contributed by atoms with Crippen molar-refractivity contribution < 1.29 is 23.9 Å². The Morgan fingerprint density at radius 3 is 2.36 bits per heavy atom. The van der Waals surface area contributed by atoms with Crippen LogP contribution in [0.25, 0.3) is 11.3 Å². The zero-order chi connectivity index (χ0) is 18.2. The van der Waals surface area contributed by atoms with E-state index in [0.29, 0.717) is 10.7 Å². The molecule has 0 radical (unpaired) electrons. The molecule has 2 rings (SSSR count). The van der Waals surface area contributed by atoms with Crippen LogP contribution in [0.1, 0.15) is 13.8 Å². The largest absolute Gasteiger partial charge is 0.459 e. The van der Waals surface area contributed by atoms with E-state index in [1.165, 1.54) is 0 Å². The van der Waals surface area contributed by atoms with Gasteiger partial charge in [-0.05, 0) is 13.8 Å². The molecule has 2 N–H and O–H groups in total. The Labute approximate surface area is 148 Å². The highest BCUT2D eigenvalue weighted by molar-refractivity contribution is 7.20. The number of anilines is 2. The molecule has 0 aliphatic carbocycles. The molecule has 0 fully saturated rings. The maximum absolute atomic E-state index is 11.9. The zero-order valence-electron chi connectivity index (χ0n) is 13.7. The highest BCUT2D eigenvalue weighted by atomic mass is 32.1. The van der Waals surface area contributed by atoms with Crippen molar-refractivity contribution in [3.05, 3.63) is 30.3 Å². The van der Waals surface area contributed by atoms with Crippen LogP contribution >= 0.6 is 11.3 Å². The van der Waals surface area contributed by atoms with Gasteiger partial charge in [0.1, 0.15) is 10.7 Å². The summed E-state index contributed by atoms with van der Waals surface area (Å²) in [6.45, 7) is 3.60. The third-order valence-corrected chi connectivity index (χ3v) is 3.73. The lowest BCUT2D eigenvalue weighted by Gasteiger charge is -2.04. The Kier molecular flexibility index (Phi) is 6.47. The lowest BCUT2D eigenvalue weighted by Crippen LogP contribution is -2.24. The summed E-state index contributed by atoms with van der Waals surface area (Å²) in [6.07, 6.45) is -0.654. The number of nitrogens with one attached hydrogen (secondary N) is 2. The molecule has 25 heavy (non-hydrogen) atoms. The number of thiazole rings is 1. The number of carbonyl (C=O) groups excluding carboxylic acids is 3. The molecule has 0 saturated heterocycles. The first-order valence-electron chi connectivity index (χ1n) is 7.53. The number of amides is 2. The fraction of sp³-hybridized carbons (Fsp3) is 0.250. The average molecular weight is 363 g/mol. The van der Waals surface area contributed by atoms with Gasteiger partial charge in [-0.3, -0.25) is 10.1 Å². The molecule has 1 aromatic carbocycles. The molecule has 8 nitrogen and oxygen atoms in total. The summed E-state index contributed by atoms with van der Waals surface area (Å²) < 4.78 is 9.48. The number of carbonyl (C=O) groups is 3. The highest BCUT2D eigenvalue weighted by Crippen LogP contribution is 2.35. The van der Waals surface area contributed by atoms with Crippen LogP contribution in [-0.2, 0) is 19.1 Å². The molecule has 0 aliphatic rings. The van der Waals surface area contributed by atoms with Crippen molar-refractivity contribution in [3.63, 3.8) is 0 Å². The Balaban J connectivity index is 2.29. The van der Waals surface area contributed by atoms with Gasteiger partial charge < -0.3 is 14.8 Å². The normalized spacial score (nSPS) is 10.0. The second-order valence-electron chi connectivity index (χ2n) is 4.58. The molecule has 2 amide bonds. The molecule has 0 bridgehead atoms. The average Bonchev–Trinajstić information content (AvgIpc) is 2.98. The van der Waals surface area contributed by atoms with Gasteiger partial charge in [-0.2, -0.15) is 0 Å². The van der Waals surface area contributed by atoms with Crippen molar-refractivity contribution in [2.24, 2.45) is 0 Å². The highest BCUT2D eigenvalue weighted by Gasteiger charge is 2.21. The van der Waals surface area contributed by atoms with Crippen LogP contribution < -0.4 is 10.6 Å². The molecule has 0 aliphatic heterocycles. The fourth-order valence-electron chi connectivity index (χ4n) is 1.86. The number of ether oxygens (including phenoxy) is 2. The molecular weight excluding hydrogens is 346 g/mol. The van der Waals surface area contributed by atoms with Gasteiger partial charge in [0.2, 0.25) is 0 Å². The lowest BCUT2D eigenvalue weighted by atomic mass is 10.2. The third-order valence-electron chi connectivity index (χ3n) is 2.85. The van der Waals surface area contributed by atoms with E-state index in [4.69, 9.17) is 4.74 Å². The summed E-state index contributed by atoms with van der Waals surface area (Å²) in [4.78, 5) is 39.3. The van der Waals surface area contributed by atoms with Crippen molar-refractivity contribution >= 4 is 39.4 Å². The minimum Gasteiger partial charge on any atom is -0.459 e. The number of hydrogen-bond donors (Lipinski definition) is 2. The summed E-state index contributed by atoms with van der Waals surface area (Å²) in [5.74, 6) is -1.90. The first-order valence-corrected chi connectivity index (χ1v) is 8.34. The predicted molar refractivity (Wildman–Crippen MR) is 93.5 cm³/mol. The van der Waals surface area contributed by atoms with E-state index in [0.717, 1.165) is 16.9 Å². The van der Waals surface area contributed by atoms with E-state index in [-0.39, 0.29) is 18.3 Å². The molecular formula is C16H17N3O5S. The van der Waals surface area contributed by atoms with Crippen molar-refractivity contribution in [1.82, 2.24) is 4.98 Å². The standard InChI is InChI=1S/C16H17N3O5S/c1-3-23-14(21)12(20)18-13-11(10-8-6-5-7-9-10)17-15(25-13)19-16(22)24-4-2/h5-9H,3-4H2,1-2H3,(H,18,20)(H,17,19,22). The predicted octanol–water partition coefficient (Wildman–Crippen LogP) is 2.88. The molecule has 0 saturated carbocycles. The Bertz CT molecular complexity index is 760. The molecule has 0 atom stereocenters. The van der Waals surface area contributed by atoms with E-state index in [2.05, 4.69) is 20.4 Å². The van der Waals surface area contributed by atoms with Crippen LogP contribution in [0.2, 0.25) is 0 Å². The molecule has 0 spiro atoms. The molecule has 2 aromatic rings. The Hall–Kier alpha value is -2.94. The van der Waals surface area contributed by atoms with Gasteiger partial charge in [0.05, 0.1) is 13.2 Å². The minimum absolute atomic E-state index is 0.0934. The topological polar surface area (TPSA) is 107 Å². The molecule has 0 unspecified atom stereocenters. The maximum Gasteiger partial charge on any atom is 0.413 e. The Morgan fingerprint density at radius 1 is 1.04 bits per heavy atom. The van der Waals surface area contributed by atoms with Gasteiger partial charge in [-0.25, -0.2) is 14.6 Å². The molecule has 1 aromatic heterocycles. The maximum atomic E-state index is 11.9. The van der Waals surface area contributed by atoms with Gasteiger partial charge in [0.25, 0.3) is 0 Å². The quantitative estimate of drug-likeness (QED) is 0.625. The van der Waals surface area contributed by atoms with E-state index in [1.54, 1.807) is 26.0 Å². The number of benzene rings is 1. The van der Waals surface area contributed by atoms with Crippen molar-refractivity contribution in [2.45, 2.75) is 13.8 Å². The number of rotatable bonds is 5. The first-order chi connectivity index (χ1) is 12.0. The zero-order valence-corrected chi connectivity index (χ0v) is 14.5. The Morgan fingerprint density at radius 2 is 1.72 bits per heavy atom. The number of aromatic nitrogens is 1. The van der Waals surface area contributed by atoms with Crippen molar-refractivity contribution in [2.75, 3.05) is 23.8 Å². The summed E-state index contributed by atoms with van der Waals surface area (Å²) >= 11 is 1.01. The van der Waals surface area contributed by atoms with Gasteiger partial charge in [-0.1, -0.05) is 41.7 Å². The minimum atomic E-state index is -0.991. The van der Waals surface area contributed by atoms with Gasteiger partial charge in [0.15, 0.2) is 5.13 Å². The van der Waals surface area contributed by atoms with Gasteiger partial charge in [0, 0.05) is 5.56 Å². The van der Waals surface area contributed by atoms with Crippen molar-refractivity contribution in [3.8, 4) is 11.3 Å². The number of nitrogens with zero attached hydrogens (tertiary/aromatic N) is 1. The number of esters is 1. The number of hydrogen-bond acceptors (Lipinski definition) is 7. The summed E-state index contributed by atoms with van der Waals surface area (Å²) in [5, 5.41) is 5.50. The van der Waals surface area contributed by atoms with Gasteiger partial charge in [-0.15, -0.1) is 0 Å². The molecule has 9 heteroatoms. The molecule has 132 valence electrons. The summed E-state index contributed by atoms with van der Waals surface area (Å²) in [6, 6.07) is 9.05. The van der Waals surface area contributed by atoms with Crippen LogP contribution in [-0.4, -0.2) is 36.2 Å². The SMILES string of the molecule is CCOC(=O)Nc1nc(-c2ccccc2)c(NC(=O)C(=O)OCC)s1. The van der Waals surface area contributed by atoms with Crippen LogP contribution in [0, 0.1) is 0 Å². The second-order valence-corrected chi connectivity index (χ2v) is 5.58. The van der Waals surface area contributed by atoms with Gasteiger partial charge >= 0.3 is 18.0 Å². The second kappa shape index (κ2) is 8.78. The lowest BCUT2D eigenvalue weighted by molar-refractivity contribution is -0.152. The van der Waals surface area contributed by atoms with E-state index < -0.39 is 18.0 Å². The molecule has 1 heterocycles. The first kappa shape index (κ1) is 18.4.